The van der Waals surface area contributed by atoms with Crippen molar-refractivity contribution in [1.82, 2.24) is 14.1 Å². The first-order valence-electron chi connectivity index (χ1n) is 11.2. The molecule has 1 amide bonds. The average molecular weight is 476 g/mol. The highest BCUT2D eigenvalue weighted by Gasteiger charge is 2.34. The number of rotatable bonds is 5. The van der Waals surface area contributed by atoms with E-state index in [0.29, 0.717) is 43.9 Å². The van der Waals surface area contributed by atoms with E-state index < -0.39 is 10.0 Å². The molecule has 2 aromatic rings. The molecule has 4 rings (SSSR count). The number of piperazine rings is 1. The molecule has 172 valence electrons. The Morgan fingerprint density at radius 2 is 1.50 bits per heavy atom. The van der Waals surface area contributed by atoms with E-state index in [0.717, 1.165) is 30.2 Å². The zero-order valence-electron chi connectivity index (χ0n) is 18.4. The number of hydrogen-bond acceptors (Lipinski definition) is 4. The molecule has 0 radical (unpaired) electrons. The van der Waals surface area contributed by atoms with Crippen LogP contribution in [0, 0.1) is 12.8 Å². The van der Waals surface area contributed by atoms with Crippen LogP contribution in [0.15, 0.2) is 53.4 Å². The van der Waals surface area contributed by atoms with Crippen molar-refractivity contribution in [3.05, 3.63) is 64.7 Å². The maximum absolute atomic E-state index is 13.0. The van der Waals surface area contributed by atoms with E-state index in [1.54, 1.807) is 12.1 Å². The summed E-state index contributed by atoms with van der Waals surface area (Å²) in [5, 5.41) is 0.738. The average Bonchev–Trinajstić information content (AvgIpc) is 2.81. The monoisotopic (exact) mass is 475 g/mol. The molecule has 0 bridgehead atoms. The fourth-order valence-corrected chi connectivity index (χ4v) is 6.03. The molecule has 8 heteroatoms. The van der Waals surface area contributed by atoms with E-state index in [1.165, 1.54) is 9.87 Å². The first-order chi connectivity index (χ1) is 15.3. The largest absolute Gasteiger partial charge is 0.340 e. The van der Waals surface area contributed by atoms with Crippen LogP contribution in [0.25, 0.3) is 0 Å². The second-order valence-electron chi connectivity index (χ2n) is 8.72. The summed E-state index contributed by atoms with van der Waals surface area (Å²) in [7, 11) is -3.50. The first kappa shape index (κ1) is 23.2. The molecule has 0 spiro atoms. The molecule has 0 atom stereocenters. The number of carbonyl (C=O) groups is 1. The van der Waals surface area contributed by atoms with Crippen LogP contribution >= 0.6 is 11.6 Å². The highest BCUT2D eigenvalue weighted by atomic mass is 35.5. The molecular weight excluding hydrogens is 446 g/mol. The fourth-order valence-electron chi connectivity index (χ4n) is 4.44. The number of piperidine rings is 1. The Bertz CT molecular complexity index is 1030. The number of amides is 1. The molecule has 2 heterocycles. The number of benzene rings is 2. The van der Waals surface area contributed by atoms with Crippen LogP contribution in [0.1, 0.15) is 24.0 Å². The van der Waals surface area contributed by atoms with E-state index in [4.69, 9.17) is 11.6 Å². The van der Waals surface area contributed by atoms with E-state index in [9.17, 15) is 13.2 Å². The summed E-state index contributed by atoms with van der Waals surface area (Å²) in [6.45, 7) is 6.69. The Kier molecular flexibility index (Phi) is 7.20. The summed E-state index contributed by atoms with van der Waals surface area (Å²) in [6.07, 6.45) is 1.16. The van der Waals surface area contributed by atoms with Gasteiger partial charge in [0.1, 0.15) is 0 Å². The van der Waals surface area contributed by atoms with Gasteiger partial charge in [0.25, 0.3) is 0 Å². The quantitative estimate of drug-likeness (QED) is 0.665. The minimum Gasteiger partial charge on any atom is -0.340 e. The lowest BCUT2D eigenvalue weighted by Gasteiger charge is -2.38. The molecule has 2 aromatic carbocycles. The molecule has 2 saturated heterocycles. The van der Waals surface area contributed by atoms with Crippen molar-refractivity contribution < 1.29 is 13.2 Å². The van der Waals surface area contributed by atoms with Gasteiger partial charge in [-0.15, -0.1) is 0 Å². The van der Waals surface area contributed by atoms with Crippen LogP contribution < -0.4 is 0 Å². The van der Waals surface area contributed by atoms with Crippen LogP contribution in [0.2, 0.25) is 5.02 Å². The van der Waals surface area contributed by atoms with Crippen molar-refractivity contribution in [2.75, 3.05) is 39.3 Å². The highest BCUT2D eigenvalue weighted by Crippen LogP contribution is 2.26. The van der Waals surface area contributed by atoms with E-state index in [1.807, 2.05) is 48.2 Å². The molecule has 0 N–H and O–H groups in total. The molecule has 6 nitrogen and oxygen atoms in total. The van der Waals surface area contributed by atoms with Gasteiger partial charge in [-0.2, -0.15) is 4.31 Å². The van der Waals surface area contributed by atoms with Crippen molar-refractivity contribution in [3.8, 4) is 0 Å². The normalized spacial score (nSPS) is 19.2. The van der Waals surface area contributed by atoms with E-state index in [2.05, 4.69) is 4.90 Å². The molecular formula is C24H30ClN3O3S. The zero-order chi connectivity index (χ0) is 22.7. The number of nitrogens with zero attached hydrogens (tertiary/aromatic N) is 3. The van der Waals surface area contributed by atoms with Crippen LogP contribution in [-0.2, 0) is 21.4 Å². The Balaban J connectivity index is 1.26. The van der Waals surface area contributed by atoms with Gasteiger partial charge in [-0.1, -0.05) is 41.4 Å². The second kappa shape index (κ2) is 9.91. The van der Waals surface area contributed by atoms with Crippen molar-refractivity contribution in [2.24, 2.45) is 5.92 Å². The van der Waals surface area contributed by atoms with Gasteiger partial charge in [0, 0.05) is 56.8 Å². The van der Waals surface area contributed by atoms with Crippen LogP contribution in [-0.4, -0.2) is 67.7 Å². The Morgan fingerprint density at radius 1 is 0.906 bits per heavy atom. The number of aryl methyl sites for hydroxylation is 1. The number of sulfonamides is 1. The Labute approximate surface area is 195 Å². The van der Waals surface area contributed by atoms with E-state index in [-0.39, 0.29) is 11.8 Å². The minimum atomic E-state index is -3.50. The lowest BCUT2D eigenvalue weighted by molar-refractivity contribution is -0.138. The van der Waals surface area contributed by atoms with Gasteiger partial charge in [0.05, 0.1) is 4.90 Å². The summed E-state index contributed by atoms with van der Waals surface area (Å²) < 4.78 is 27.3. The number of halogens is 1. The predicted molar refractivity (Wildman–Crippen MR) is 126 cm³/mol. The first-order valence-corrected chi connectivity index (χ1v) is 13.0. The minimum absolute atomic E-state index is 0.0951. The molecule has 2 aliphatic rings. The van der Waals surface area contributed by atoms with Gasteiger partial charge < -0.3 is 4.90 Å². The van der Waals surface area contributed by atoms with Gasteiger partial charge in [0.15, 0.2) is 0 Å². The zero-order valence-corrected chi connectivity index (χ0v) is 20.0. The summed E-state index contributed by atoms with van der Waals surface area (Å²) >= 11 is 5.96. The van der Waals surface area contributed by atoms with Crippen LogP contribution in [0.5, 0.6) is 0 Å². The standard InChI is InChI=1S/C24H30ClN3O3S/c1-19-2-8-23(9-3-19)32(30,31)28-12-10-21(11-13-28)24(29)27-16-14-26(15-17-27)18-20-4-6-22(25)7-5-20/h2-9,21H,10-18H2,1H3. The summed E-state index contributed by atoms with van der Waals surface area (Å²) in [5.74, 6) is 0.0748. The maximum atomic E-state index is 13.0. The van der Waals surface area contributed by atoms with Gasteiger partial charge in [-0.25, -0.2) is 8.42 Å². The highest BCUT2D eigenvalue weighted by molar-refractivity contribution is 7.89. The lowest BCUT2D eigenvalue weighted by Crippen LogP contribution is -2.51. The third kappa shape index (κ3) is 5.34. The molecule has 0 aliphatic carbocycles. The lowest BCUT2D eigenvalue weighted by atomic mass is 9.96. The van der Waals surface area contributed by atoms with E-state index >= 15 is 0 Å². The predicted octanol–water partition coefficient (Wildman–Crippen LogP) is 3.39. The number of hydrogen-bond donors (Lipinski definition) is 0. The summed E-state index contributed by atoms with van der Waals surface area (Å²) in [5.41, 5.74) is 2.25. The van der Waals surface area contributed by atoms with Gasteiger partial charge >= 0.3 is 0 Å². The van der Waals surface area contributed by atoms with Crippen molar-refractivity contribution in [1.29, 1.82) is 0 Å². The van der Waals surface area contributed by atoms with Gasteiger partial charge in [-0.05, 0) is 49.6 Å². The third-order valence-electron chi connectivity index (χ3n) is 6.47. The Hall–Kier alpha value is -1.93. The van der Waals surface area contributed by atoms with Crippen LogP contribution in [0.4, 0.5) is 0 Å². The van der Waals surface area contributed by atoms with Crippen molar-refractivity contribution in [3.63, 3.8) is 0 Å². The number of carbonyl (C=O) groups excluding carboxylic acids is 1. The molecule has 2 aliphatic heterocycles. The Morgan fingerprint density at radius 3 is 2.09 bits per heavy atom. The fraction of sp³-hybridized carbons (Fsp3) is 0.458. The van der Waals surface area contributed by atoms with Crippen molar-refractivity contribution in [2.45, 2.75) is 31.2 Å². The molecule has 32 heavy (non-hydrogen) atoms. The molecule has 0 saturated carbocycles. The van der Waals surface area contributed by atoms with Gasteiger partial charge in [-0.3, -0.25) is 9.69 Å². The molecule has 0 unspecified atom stereocenters. The van der Waals surface area contributed by atoms with Gasteiger partial charge in [0.2, 0.25) is 15.9 Å². The molecule has 0 aromatic heterocycles. The smallest absolute Gasteiger partial charge is 0.243 e. The second-order valence-corrected chi connectivity index (χ2v) is 11.1. The summed E-state index contributed by atoms with van der Waals surface area (Å²) in [6, 6.07) is 14.8. The SMILES string of the molecule is Cc1ccc(S(=O)(=O)N2CCC(C(=O)N3CCN(Cc4ccc(Cl)cc4)CC3)CC2)cc1. The van der Waals surface area contributed by atoms with Crippen molar-refractivity contribution >= 4 is 27.5 Å². The summed E-state index contributed by atoms with van der Waals surface area (Å²) in [4.78, 5) is 17.7. The maximum Gasteiger partial charge on any atom is 0.243 e. The molecule has 2 fully saturated rings. The topological polar surface area (TPSA) is 60.9 Å². The van der Waals surface area contributed by atoms with Crippen LogP contribution in [0.3, 0.4) is 0 Å². The third-order valence-corrected chi connectivity index (χ3v) is 8.63.